The molecule has 0 unspecified atom stereocenters. The van der Waals surface area contributed by atoms with E-state index in [0.717, 1.165) is 0 Å². The molecule has 0 amide bonds. The molecule has 0 saturated carbocycles. The van der Waals surface area contributed by atoms with Crippen molar-refractivity contribution in [3.63, 3.8) is 0 Å². The fourth-order valence-electron chi connectivity index (χ4n) is 1.30. The van der Waals surface area contributed by atoms with E-state index in [9.17, 15) is 22.0 Å². The smallest absolute Gasteiger partial charge is 0.306 e. The van der Waals surface area contributed by atoms with E-state index in [4.69, 9.17) is 5.84 Å². The quantitative estimate of drug-likeness (QED) is 0.500. The van der Waals surface area contributed by atoms with Crippen LogP contribution in [0.1, 0.15) is 5.56 Å². The molecule has 2 rings (SSSR count). The highest BCUT2D eigenvalue weighted by molar-refractivity contribution is 5.41. The van der Waals surface area contributed by atoms with Crippen molar-refractivity contribution in [2.75, 3.05) is 5.43 Å². The highest BCUT2D eigenvalue weighted by atomic mass is 19.4. The first-order valence-electron chi connectivity index (χ1n) is 4.78. The minimum atomic E-state index is -4.62. The van der Waals surface area contributed by atoms with Gasteiger partial charge >= 0.3 is 6.18 Å². The topological polar surface area (TPSA) is 68.8 Å². The Kier molecular flexibility index (Phi) is 3.10. The summed E-state index contributed by atoms with van der Waals surface area (Å²) >= 11 is 0. The van der Waals surface area contributed by atoms with Crippen molar-refractivity contribution in [1.82, 2.24) is 14.8 Å². The second-order valence-corrected chi connectivity index (χ2v) is 3.44. The molecule has 2 aromatic heterocycles. The maximum absolute atomic E-state index is 13.4. The number of hydrazine groups is 1. The van der Waals surface area contributed by atoms with Gasteiger partial charge in [-0.15, -0.1) is 0 Å². The van der Waals surface area contributed by atoms with Gasteiger partial charge in [0.15, 0.2) is 23.3 Å². The molecule has 0 fully saturated rings. The largest absolute Gasteiger partial charge is 0.419 e. The third-order valence-electron chi connectivity index (χ3n) is 2.17. The molecule has 2 heterocycles. The lowest BCUT2D eigenvalue weighted by atomic mass is 10.3. The number of rotatable bonds is 2. The summed E-state index contributed by atoms with van der Waals surface area (Å²) in [6.45, 7) is 0. The zero-order chi connectivity index (χ0) is 14.2. The van der Waals surface area contributed by atoms with Crippen LogP contribution >= 0.6 is 0 Å². The van der Waals surface area contributed by atoms with E-state index in [-0.39, 0.29) is 0 Å². The highest BCUT2D eigenvalue weighted by Gasteiger charge is 2.32. The van der Waals surface area contributed by atoms with E-state index in [1.807, 2.05) is 5.43 Å². The summed E-state index contributed by atoms with van der Waals surface area (Å²) in [7, 11) is 0. The van der Waals surface area contributed by atoms with E-state index in [2.05, 4.69) is 10.1 Å². The molecule has 5 nitrogen and oxygen atoms in total. The Morgan fingerprint density at radius 1 is 1.21 bits per heavy atom. The maximum Gasteiger partial charge on any atom is 0.419 e. The van der Waals surface area contributed by atoms with Crippen LogP contribution in [0.15, 0.2) is 18.5 Å². The van der Waals surface area contributed by atoms with Crippen molar-refractivity contribution in [2.24, 2.45) is 5.84 Å². The molecule has 0 aromatic carbocycles. The second-order valence-electron chi connectivity index (χ2n) is 3.44. The molecule has 0 aliphatic rings. The number of nitrogens with two attached hydrogens (primary N) is 1. The van der Waals surface area contributed by atoms with Gasteiger partial charge in [0.2, 0.25) is 0 Å². The van der Waals surface area contributed by atoms with Gasteiger partial charge < -0.3 is 5.43 Å². The van der Waals surface area contributed by atoms with E-state index in [0.29, 0.717) is 23.1 Å². The standard InChI is InChI=1S/C9H6F5N5/c10-5-1-6(11)8(17-7(5)18-15)19-3-4(2-16-19)9(12,13)14/h1-3H,15H2,(H,17,18). The summed E-state index contributed by atoms with van der Waals surface area (Å²) in [6, 6.07) is 0.437. The summed E-state index contributed by atoms with van der Waals surface area (Å²) < 4.78 is 64.2. The first kappa shape index (κ1) is 13.2. The monoisotopic (exact) mass is 279 g/mol. The zero-order valence-electron chi connectivity index (χ0n) is 9.04. The summed E-state index contributed by atoms with van der Waals surface area (Å²) in [6.07, 6.45) is -3.59. The first-order valence-corrected chi connectivity index (χ1v) is 4.78. The molecule has 0 bridgehead atoms. The fourth-order valence-corrected chi connectivity index (χ4v) is 1.30. The van der Waals surface area contributed by atoms with Crippen LogP contribution in [0.4, 0.5) is 27.8 Å². The van der Waals surface area contributed by atoms with Crippen molar-refractivity contribution in [3.05, 3.63) is 35.7 Å². The van der Waals surface area contributed by atoms with Gasteiger partial charge in [0.05, 0.1) is 11.8 Å². The predicted octanol–water partition coefficient (Wildman–Crippen LogP) is 1.85. The Morgan fingerprint density at radius 3 is 2.42 bits per heavy atom. The van der Waals surface area contributed by atoms with Crippen LogP contribution in [0.25, 0.3) is 5.82 Å². The van der Waals surface area contributed by atoms with E-state index < -0.39 is 35.0 Å². The van der Waals surface area contributed by atoms with Crippen LogP contribution in [0.5, 0.6) is 0 Å². The molecule has 2 aromatic rings. The van der Waals surface area contributed by atoms with Crippen LogP contribution in [-0.2, 0) is 6.18 Å². The van der Waals surface area contributed by atoms with E-state index >= 15 is 0 Å². The Bertz CT molecular complexity index is 606. The molecule has 0 atom stereocenters. The number of hydrogen-bond acceptors (Lipinski definition) is 4. The van der Waals surface area contributed by atoms with Crippen LogP contribution < -0.4 is 11.3 Å². The van der Waals surface area contributed by atoms with Gasteiger partial charge in [-0.05, 0) is 0 Å². The van der Waals surface area contributed by atoms with Gasteiger partial charge in [0.1, 0.15) is 0 Å². The molecule has 102 valence electrons. The molecule has 0 aliphatic carbocycles. The molecule has 10 heteroatoms. The number of nitrogens with zero attached hydrogens (tertiary/aromatic N) is 3. The summed E-state index contributed by atoms with van der Waals surface area (Å²) in [5, 5.41) is 3.32. The molecule has 0 aliphatic heterocycles. The highest BCUT2D eigenvalue weighted by Crippen LogP contribution is 2.29. The lowest BCUT2D eigenvalue weighted by Gasteiger charge is -2.06. The Balaban J connectivity index is 2.50. The predicted molar refractivity (Wildman–Crippen MR) is 54.1 cm³/mol. The first-order chi connectivity index (χ1) is 8.82. The van der Waals surface area contributed by atoms with Crippen molar-refractivity contribution >= 4 is 5.82 Å². The van der Waals surface area contributed by atoms with Crippen molar-refractivity contribution in [2.45, 2.75) is 6.18 Å². The molecule has 0 spiro atoms. The van der Waals surface area contributed by atoms with E-state index in [1.165, 1.54) is 0 Å². The maximum atomic E-state index is 13.4. The van der Waals surface area contributed by atoms with Crippen LogP contribution in [0.2, 0.25) is 0 Å². The minimum absolute atomic E-state index is 0.437. The normalized spacial score (nSPS) is 11.7. The van der Waals surface area contributed by atoms with E-state index in [1.54, 1.807) is 0 Å². The van der Waals surface area contributed by atoms with Crippen molar-refractivity contribution in [3.8, 4) is 5.82 Å². The van der Waals surface area contributed by atoms with Gasteiger partial charge in [-0.25, -0.2) is 24.3 Å². The molecule has 19 heavy (non-hydrogen) atoms. The number of pyridine rings is 1. The molecule has 3 N–H and O–H groups in total. The number of anilines is 1. The number of halogens is 5. The summed E-state index contributed by atoms with van der Waals surface area (Å²) in [4.78, 5) is 3.40. The molecular weight excluding hydrogens is 273 g/mol. The van der Waals surface area contributed by atoms with Gasteiger partial charge in [0, 0.05) is 12.3 Å². The zero-order valence-corrected chi connectivity index (χ0v) is 9.04. The van der Waals surface area contributed by atoms with Gasteiger partial charge in [0.25, 0.3) is 0 Å². The van der Waals surface area contributed by atoms with Gasteiger partial charge in [-0.1, -0.05) is 0 Å². The average Bonchev–Trinajstić information content (AvgIpc) is 2.78. The van der Waals surface area contributed by atoms with Crippen LogP contribution in [0.3, 0.4) is 0 Å². The molecular formula is C9H6F5N5. The Hall–Kier alpha value is -2.23. The van der Waals surface area contributed by atoms with Crippen LogP contribution in [0, 0.1) is 11.6 Å². The van der Waals surface area contributed by atoms with Crippen LogP contribution in [-0.4, -0.2) is 14.8 Å². The Labute approximate surface area is 102 Å². The van der Waals surface area contributed by atoms with Crippen molar-refractivity contribution < 1.29 is 22.0 Å². The number of hydrogen-bond donors (Lipinski definition) is 2. The Morgan fingerprint density at radius 2 is 1.89 bits per heavy atom. The number of aromatic nitrogens is 3. The average molecular weight is 279 g/mol. The van der Waals surface area contributed by atoms with Gasteiger partial charge in [-0.2, -0.15) is 18.3 Å². The third kappa shape index (κ3) is 2.47. The third-order valence-corrected chi connectivity index (χ3v) is 2.17. The lowest BCUT2D eigenvalue weighted by molar-refractivity contribution is -0.137. The molecule has 0 saturated heterocycles. The second kappa shape index (κ2) is 4.46. The number of nitrogen functional groups attached to an aromatic ring is 1. The summed E-state index contributed by atoms with van der Waals surface area (Å²) in [5.41, 5.74) is 0.770. The minimum Gasteiger partial charge on any atom is -0.306 e. The summed E-state index contributed by atoms with van der Waals surface area (Å²) in [5.74, 6) is 1.57. The van der Waals surface area contributed by atoms with Crippen molar-refractivity contribution in [1.29, 1.82) is 0 Å². The fraction of sp³-hybridized carbons (Fsp3) is 0.111. The number of nitrogens with one attached hydrogen (secondary N) is 1. The lowest BCUT2D eigenvalue weighted by Crippen LogP contribution is -2.13. The SMILES string of the molecule is NNc1nc(-n2cc(C(F)(F)F)cn2)c(F)cc1F. The van der Waals surface area contributed by atoms with Gasteiger partial charge in [-0.3, -0.25) is 0 Å². The number of alkyl halides is 3. The molecule has 0 radical (unpaired) electrons.